The smallest absolute Gasteiger partial charge is 0.335 e. The molecule has 0 aliphatic rings. The zero-order valence-corrected chi connectivity index (χ0v) is 17.0. The molecule has 4 unspecified atom stereocenters. The standard InChI is InChI=1S/C10H21.C6H12O7.Na/c1-3-5-7-9-10-8-6-4-2;7-1-2(8)3(9)4(10)5(11)6(12)13;/h1,3-10H2,2H3;2-5,7-11H,1H2,(H,12,13);. The molecule has 0 bridgehead atoms. The topological polar surface area (TPSA) is 138 Å². The zero-order chi connectivity index (χ0) is 19.0. The minimum absolute atomic E-state index is 0.843. The molecule has 24 heavy (non-hydrogen) atoms. The normalized spacial score (nSPS) is 15.8. The summed E-state index contributed by atoms with van der Waals surface area (Å²) in [5.74, 6) is -1.73. The van der Waals surface area contributed by atoms with E-state index < -0.39 is 37.0 Å². The Balaban J connectivity index is 0. The van der Waals surface area contributed by atoms with Crippen LogP contribution in [-0.4, -0.2) is 95.6 Å². The molecular weight excluding hydrogens is 327 g/mol. The van der Waals surface area contributed by atoms with Crippen LogP contribution in [0.5, 0.6) is 0 Å². The number of unbranched alkanes of at least 4 members (excludes halogenated alkanes) is 7. The number of carboxylic acids is 1. The summed E-state index contributed by atoms with van der Waals surface area (Å²) in [5, 5.41) is 51.8. The molecule has 140 valence electrons. The number of hydrogen-bond acceptors (Lipinski definition) is 6. The van der Waals surface area contributed by atoms with Crippen LogP contribution in [0.1, 0.15) is 58.3 Å². The largest absolute Gasteiger partial charge is 0.479 e. The van der Waals surface area contributed by atoms with Crippen LogP contribution in [0.25, 0.3) is 0 Å². The van der Waals surface area contributed by atoms with E-state index in [9.17, 15) is 4.79 Å². The molecule has 7 nitrogen and oxygen atoms in total. The molecule has 6 N–H and O–H groups in total. The maximum Gasteiger partial charge on any atom is 0.335 e. The first kappa shape index (κ1) is 26.5. The Labute approximate surface area is 162 Å². The van der Waals surface area contributed by atoms with Crippen LogP contribution in [0.3, 0.4) is 0 Å². The van der Waals surface area contributed by atoms with Gasteiger partial charge in [0.2, 0.25) is 0 Å². The summed E-state index contributed by atoms with van der Waals surface area (Å²) in [6.45, 7) is 1.44. The van der Waals surface area contributed by atoms with Crippen molar-refractivity contribution in [3.05, 3.63) is 0 Å². The average Bonchev–Trinajstić information content (AvgIpc) is 2.58. The SMILES string of the molecule is CCCCCCCCC[CH2][Na].O=C(O)C(O)C(O)C(O)C(O)CO. The monoisotopic (exact) mass is 360 g/mol. The van der Waals surface area contributed by atoms with Gasteiger partial charge in [0.15, 0.2) is 6.10 Å². The van der Waals surface area contributed by atoms with Gasteiger partial charge in [-0.25, -0.2) is 4.79 Å². The van der Waals surface area contributed by atoms with Crippen LogP contribution in [0.15, 0.2) is 0 Å². The van der Waals surface area contributed by atoms with Gasteiger partial charge in [-0.3, -0.25) is 0 Å². The first-order valence-electron chi connectivity index (χ1n) is 8.89. The molecule has 0 aliphatic carbocycles. The number of carboxylic acid groups (broad SMARTS) is 1. The maximum absolute atomic E-state index is 10.1. The van der Waals surface area contributed by atoms with Gasteiger partial charge in [-0.15, -0.1) is 0 Å². The van der Waals surface area contributed by atoms with E-state index in [0.29, 0.717) is 0 Å². The van der Waals surface area contributed by atoms with Crippen molar-refractivity contribution in [3.63, 3.8) is 0 Å². The zero-order valence-electron chi connectivity index (χ0n) is 15.0. The van der Waals surface area contributed by atoms with Gasteiger partial charge in [-0.2, -0.15) is 0 Å². The van der Waals surface area contributed by atoms with Gasteiger partial charge in [0.25, 0.3) is 0 Å². The number of hydrogen-bond donors (Lipinski definition) is 6. The van der Waals surface area contributed by atoms with Crippen molar-refractivity contribution < 1.29 is 35.4 Å². The third-order valence-corrected chi connectivity index (χ3v) is 4.42. The fraction of sp³-hybridized carbons (Fsp3) is 0.938. The second kappa shape index (κ2) is 18.1. The first-order chi connectivity index (χ1) is 11.3. The summed E-state index contributed by atoms with van der Waals surface area (Å²) >= 11 is 1.41. The van der Waals surface area contributed by atoms with E-state index in [1.807, 2.05) is 0 Å². The number of rotatable bonds is 13. The summed E-state index contributed by atoms with van der Waals surface area (Å²) in [6, 6.07) is 0. The minimum Gasteiger partial charge on any atom is -0.479 e. The molecule has 0 heterocycles. The van der Waals surface area contributed by atoms with E-state index in [2.05, 4.69) is 6.92 Å². The Morgan fingerprint density at radius 2 is 1.33 bits per heavy atom. The van der Waals surface area contributed by atoms with E-state index >= 15 is 0 Å². The van der Waals surface area contributed by atoms with Crippen molar-refractivity contribution in [1.82, 2.24) is 0 Å². The van der Waals surface area contributed by atoms with Gasteiger partial charge in [0.05, 0.1) is 6.61 Å². The van der Waals surface area contributed by atoms with E-state index in [1.165, 1.54) is 83.0 Å². The molecule has 4 atom stereocenters. The molecule has 0 radical (unpaired) electrons. The molecule has 0 aromatic rings. The second-order valence-corrected chi connectivity index (χ2v) is 6.99. The van der Waals surface area contributed by atoms with Gasteiger partial charge in [0.1, 0.15) is 18.3 Å². The van der Waals surface area contributed by atoms with E-state index in [1.54, 1.807) is 0 Å². The summed E-state index contributed by atoms with van der Waals surface area (Å²) in [5.41, 5.74) is 0. The molecule has 0 aromatic heterocycles. The summed E-state index contributed by atoms with van der Waals surface area (Å²) < 4.78 is 1.51. The van der Waals surface area contributed by atoms with Crippen molar-refractivity contribution in [2.45, 2.75) is 86.4 Å². The molecule has 0 saturated carbocycles. The quantitative estimate of drug-likeness (QED) is 0.204. The molecule has 8 heteroatoms. The molecule has 0 amide bonds. The molecule has 0 fully saturated rings. The van der Waals surface area contributed by atoms with Crippen LogP contribution in [0.4, 0.5) is 0 Å². The molecule has 0 rings (SSSR count). The fourth-order valence-electron chi connectivity index (χ4n) is 2.05. The Morgan fingerprint density at radius 1 is 0.875 bits per heavy atom. The van der Waals surface area contributed by atoms with Crippen molar-refractivity contribution in [2.24, 2.45) is 0 Å². The summed E-state index contributed by atoms with van der Waals surface area (Å²) in [7, 11) is 0. The Bertz CT molecular complexity index is 284. The van der Waals surface area contributed by atoms with Crippen LogP contribution in [0, 0.1) is 0 Å². The van der Waals surface area contributed by atoms with Crippen LogP contribution >= 0.6 is 0 Å². The molecule has 0 spiro atoms. The Morgan fingerprint density at radius 3 is 1.71 bits per heavy atom. The van der Waals surface area contributed by atoms with E-state index in [-0.39, 0.29) is 0 Å². The molecule has 0 saturated heterocycles. The Hall–Kier alpha value is 0.270. The first-order valence-corrected chi connectivity index (χ1v) is 10.3. The van der Waals surface area contributed by atoms with E-state index in [0.717, 1.165) is 0 Å². The predicted octanol–water partition coefficient (Wildman–Crippen LogP) is 0.221. The molecule has 0 aromatic carbocycles. The number of carbonyl (C=O) groups is 1. The maximum atomic E-state index is 10.1. The summed E-state index contributed by atoms with van der Waals surface area (Å²) in [4.78, 5) is 10.1. The summed E-state index contributed by atoms with van der Waals surface area (Å²) in [6.07, 6.45) is 3.91. The molecule has 0 aliphatic heterocycles. The third kappa shape index (κ3) is 14.6. The predicted molar refractivity (Wildman–Crippen MR) is 91.9 cm³/mol. The van der Waals surface area contributed by atoms with Crippen molar-refractivity contribution in [3.8, 4) is 0 Å². The minimum atomic E-state index is -2.20. The van der Waals surface area contributed by atoms with Gasteiger partial charge in [-0.05, 0) is 0 Å². The van der Waals surface area contributed by atoms with Gasteiger partial charge < -0.3 is 30.6 Å². The number of aliphatic hydroxyl groups excluding tert-OH is 5. The van der Waals surface area contributed by atoms with Crippen LogP contribution < -0.4 is 0 Å². The Kier molecular flexibility index (Phi) is 20.0. The van der Waals surface area contributed by atoms with E-state index in [4.69, 9.17) is 30.6 Å². The number of aliphatic hydroxyl groups is 5. The third-order valence-electron chi connectivity index (χ3n) is 3.71. The molecular formula is C16H33NaO7. The van der Waals surface area contributed by atoms with Gasteiger partial charge >= 0.3 is 95.9 Å². The fourth-order valence-corrected chi connectivity index (χ4v) is 2.55. The number of aliphatic carboxylic acids is 1. The van der Waals surface area contributed by atoms with Crippen molar-refractivity contribution >= 4 is 33.9 Å². The van der Waals surface area contributed by atoms with Gasteiger partial charge in [0, 0.05) is 0 Å². The van der Waals surface area contributed by atoms with Crippen LogP contribution in [-0.2, 0) is 4.79 Å². The second-order valence-electron chi connectivity index (χ2n) is 5.99. The van der Waals surface area contributed by atoms with Crippen molar-refractivity contribution in [2.75, 3.05) is 6.61 Å². The van der Waals surface area contributed by atoms with Crippen LogP contribution in [0.2, 0.25) is 3.67 Å². The average molecular weight is 360 g/mol. The van der Waals surface area contributed by atoms with Gasteiger partial charge in [-0.1, -0.05) is 0 Å². The van der Waals surface area contributed by atoms with Crippen molar-refractivity contribution in [1.29, 1.82) is 0 Å².